The van der Waals surface area contributed by atoms with E-state index >= 15 is 0 Å². The zero-order valence-corrected chi connectivity index (χ0v) is 7.58. The Balaban J connectivity index is 2.33. The second kappa shape index (κ2) is 3.72. The normalized spacial score (nSPS) is 17.1. The zero-order valence-electron chi connectivity index (χ0n) is 7.58. The Morgan fingerprint density at radius 1 is 1.58 bits per heavy atom. The third-order valence-corrected chi connectivity index (χ3v) is 1.94. The molecule has 1 saturated heterocycles. The van der Waals surface area contributed by atoms with Crippen LogP contribution in [-0.4, -0.2) is 35.6 Å². The lowest BCUT2D eigenvalue weighted by molar-refractivity contribution is -0.133. The van der Waals surface area contributed by atoms with Crippen LogP contribution in [0.15, 0.2) is 11.6 Å². The predicted octanol–water partition coefficient (Wildman–Crippen LogP) is 0.403. The first-order chi connectivity index (χ1) is 5.63. The fraction of sp³-hybridized carbons (Fsp3) is 0.667. The Labute approximate surface area is 72.7 Å². The highest BCUT2D eigenvalue weighted by Gasteiger charge is 2.28. The van der Waals surface area contributed by atoms with E-state index in [1.165, 1.54) is 0 Å². The second-order valence-corrected chi connectivity index (χ2v) is 3.51. The number of amides is 1. The molecular weight excluding hydrogens is 154 g/mol. The number of allylic oxidation sites excluding steroid dienone is 1. The summed E-state index contributed by atoms with van der Waals surface area (Å²) in [6.07, 6.45) is 1.63. The van der Waals surface area contributed by atoms with Crippen LogP contribution in [0.5, 0.6) is 0 Å². The number of hydrogen-bond acceptors (Lipinski definition) is 2. The molecule has 0 bridgehead atoms. The lowest BCUT2D eigenvalue weighted by atomic mass is 10.0. The van der Waals surface area contributed by atoms with Crippen molar-refractivity contribution in [3.05, 3.63) is 11.6 Å². The zero-order chi connectivity index (χ0) is 9.14. The molecule has 0 aromatic heterocycles. The van der Waals surface area contributed by atoms with E-state index in [0.717, 1.165) is 5.57 Å². The summed E-state index contributed by atoms with van der Waals surface area (Å²) in [6.45, 7) is 5.42. The van der Waals surface area contributed by atoms with Crippen LogP contribution in [0.2, 0.25) is 0 Å². The first-order valence-electron chi connectivity index (χ1n) is 4.18. The fourth-order valence-corrected chi connectivity index (χ4v) is 1.20. The minimum absolute atomic E-state index is 0.0692. The van der Waals surface area contributed by atoms with Crippen LogP contribution in [0.3, 0.4) is 0 Å². The molecule has 0 atom stereocenters. The third kappa shape index (κ3) is 2.08. The molecule has 1 aliphatic heterocycles. The Morgan fingerprint density at radius 2 is 2.17 bits per heavy atom. The SMILES string of the molecule is CC(C)=CC(=O)N1CC(CO)C1. The monoisotopic (exact) mass is 169 g/mol. The van der Waals surface area contributed by atoms with Gasteiger partial charge in [0.15, 0.2) is 0 Å². The van der Waals surface area contributed by atoms with Crippen LogP contribution in [-0.2, 0) is 4.79 Å². The topological polar surface area (TPSA) is 40.5 Å². The smallest absolute Gasteiger partial charge is 0.246 e. The van der Waals surface area contributed by atoms with Gasteiger partial charge >= 0.3 is 0 Å². The molecule has 1 amide bonds. The third-order valence-electron chi connectivity index (χ3n) is 1.94. The minimum atomic E-state index is 0.0692. The fourth-order valence-electron chi connectivity index (χ4n) is 1.20. The summed E-state index contributed by atoms with van der Waals surface area (Å²) in [5.74, 6) is 0.374. The van der Waals surface area contributed by atoms with Gasteiger partial charge in [-0.2, -0.15) is 0 Å². The van der Waals surface area contributed by atoms with Gasteiger partial charge in [0.2, 0.25) is 5.91 Å². The number of carbonyl (C=O) groups is 1. The Bertz CT molecular complexity index is 201. The van der Waals surface area contributed by atoms with E-state index in [-0.39, 0.29) is 12.5 Å². The standard InChI is InChI=1S/C9H15NO2/c1-7(2)3-9(12)10-4-8(5-10)6-11/h3,8,11H,4-6H2,1-2H3. The van der Waals surface area contributed by atoms with Crippen LogP contribution < -0.4 is 0 Å². The number of rotatable bonds is 2. The van der Waals surface area contributed by atoms with Crippen molar-refractivity contribution in [1.29, 1.82) is 0 Å². The molecule has 3 nitrogen and oxygen atoms in total. The molecule has 0 aromatic carbocycles. The quantitative estimate of drug-likeness (QED) is 0.608. The molecule has 12 heavy (non-hydrogen) atoms. The summed E-state index contributed by atoms with van der Waals surface area (Å²) in [6, 6.07) is 0. The second-order valence-electron chi connectivity index (χ2n) is 3.51. The molecule has 1 N–H and O–H groups in total. The van der Waals surface area contributed by atoms with Crippen molar-refractivity contribution in [3.8, 4) is 0 Å². The van der Waals surface area contributed by atoms with Gasteiger partial charge < -0.3 is 10.0 Å². The molecule has 3 heteroatoms. The number of nitrogens with zero attached hydrogens (tertiary/aromatic N) is 1. The maximum absolute atomic E-state index is 11.3. The molecule has 0 radical (unpaired) electrons. The van der Waals surface area contributed by atoms with Crippen molar-refractivity contribution in [3.63, 3.8) is 0 Å². The van der Waals surface area contributed by atoms with Gasteiger partial charge in [0.1, 0.15) is 0 Å². The van der Waals surface area contributed by atoms with Crippen LogP contribution in [0.1, 0.15) is 13.8 Å². The van der Waals surface area contributed by atoms with E-state index in [1.807, 2.05) is 13.8 Å². The van der Waals surface area contributed by atoms with Crippen LogP contribution in [0.25, 0.3) is 0 Å². The highest BCUT2D eigenvalue weighted by Crippen LogP contribution is 2.15. The molecular formula is C9H15NO2. The molecule has 1 fully saturated rings. The number of likely N-dealkylation sites (tertiary alicyclic amines) is 1. The molecule has 0 spiro atoms. The van der Waals surface area contributed by atoms with Crippen molar-refractivity contribution >= 4 is 5.91 Å². The van der Waals surface area contributed by atoms with Crippen molar-refractivity contribution in [2.24, 2.45) is 5.92 Å². The van der Waals surface area contributed by atoms with Crippen molar-refractivity contribution < 1.29 is 9.90 Å². The van der Waals surface area contributed by atoms with Crippen LogP contribution in [0, 0.1) is 5.92 Å². The predicted molar refractivity (Wildman–Crippen MR) is 46.6 cm³/mol. The van der Waals surface area contributed by atoms with Crippen molar-refractivity contribution in [1.82, 2.24) is 4.90 Å². The van der Waals surface area contributed by atoms with Crippen LogP contribution in [0.4, 0.5) is 0 Å². The molecule has 1 rings (SSSR count). The first kappa shape index (κ1) is 9.26. The lowest BCUT2D eigenvalue weighted by Gasteiger charge is -2.37. The molecule has 0 saturated carbocycles. The largest absolute Gasteiger partial charge is 0.396 e. The number of carbonyl (C=O) groups excluding carboxylic acids is 1. The molecule has 1 heterocycles. The summed E-state index contributed by atoms with van der Waals surface area (Å²) in [5.41, 5.74) is 1.02. The average Bonchev–Trinajstić information content (AvgIpc) is 1.82. The van der Waals surface area contributed by atoms with Gasteiger partial charge in [-0.3, -0.25) is 4.79 Å². The molecule has 0 aliphatic carbocycles. The van der Waals surface area contributed by atoms with Gasteiger partial charge in [0.25, 0.3) is 0 Å². The first-order valence-corrected chi connectivity index (χ1v) is 4.18. The summed E-state index contributed by atoms with van der Waals surface area (Å²) in [4.78, 5) is 13.0. The summed E-state index contributed by atoms with van der Waals surface area (Å²) >= 11 is 0. The highest BCUT2D eigenvalue weighted by molar-refractivity contribution is 5.88. The summed E-state index contributed by atoms with van der Waals surface area (Å²) in [5, 5.41) is 8.71. The maximum Gasteiger partial charge on any atom is 0.246 e. The number of hydrogen-bond donors (Lipinski definition) is 1. The lowest BCUT2D eigenvalue weighted by Crippen LogP contribution is -2.50. The van der Waals surface area contributed by atoms with Crippen molar-refractivity contribution in [2.45, 2.75) is 13.8 Å². The van der Waals surface area contributed by atoms with E-state index < -0.39 is 0 Å². The maximum atomic E-state index is 11.3. The number of aliphatic hydroxyl groups excluding tert-OH is 1. The molecule has 0 unspecified atom stereocenters. The van der Waals surface area contributed by atoms with Gasteiger partial charge in [0.05, 0.1) is 0 Å². The van der Waals surface area contributed by atoms with Gasteiger partial charge in [-0.05, 0) is 13.8 Å². The molecule has 0 aromatic rings. The minimum Gasteiger partial charge on any atom is -0.396 e. The van der Waals surface area contributed by atoms with Crippen molar-refractivity contribution in [2.75, 3.05) is 19.7 Å². The van der Waals surface area contributed by atoms with Gasteiger partial charge in [-0.15, -0.1) is 0 Å². The Morgan fingerprint density at radius 3 is 2.58 bits per heavy atom. The van der Waals surface area contributed by atoms with E-state index in [4.69, 9.17) is 5.11 Å². The summed E-state index contributed by atoms with van der Waals surface area (Å²) in [7, 11) is 0. The highest BCUT2D eigenvalue weighted by atomic mass is 16.3. The van der Waals surface area contributed by atoms with Gasteiger partial charge in [-0.1, -0.05) is 5.57 Å². The molecule has 68 valence electrons. The van der Waals surface area contributed by atoms with E-state index in [0.29, 0.717) is 19.0 Å². The van der Waals surface area contributed by atoms with Gasteiger partial charge in [-0.25, -0.2) is 0 Å². The van der Waals surface area contributed by atoms with E-state index in [2.05, 4.69) is 0 Å². The van der Waals surface area contributed by atoms with E-state index in [1.54, 1.807) is 11.0 Å². The van der Waals surface area contributed by atoms with Crippen LogP contribution >= 0.6 is 0 Å². The average molecular weight is 169 g/mol. The molecule has 1 aliphatic rings. The van der Waals surface area contributed by atoms with E-state index in [9.17, 15) is 4.79 Å². The summed E-state index contributed by atoms with van der Waals surface area (Å²) < 4.78 is 0. The number of aliphatic hydroxyl groups is 1. The Kier molecular flexibility index (Phi) is 2.87. The Hall–Kier alpha value is -0.830. The van der Waals surface area contributed by atoms with Gasteiger partial charge in [0, 0.05) is 31.7 Å².